The average molecular weight is 245 g/mol. The van der Waals surface area contributed by atoms with Crippen LogP contribution in [0.15, 0.2) is 28.3 Å². The molecule has 17 heavy (non-hydrogen) atoms. The van der Waals surface area contributed by atoms with E-state index in [0.717, 1.165) is 15.9 Å². The summed E-state index contributed by atoms with van der Waals surface area (Å²) in [4.78, 5) is 0.922. The Morgan fingerprint density at radius 2 is 2.18 bits per heavy atom. The highest BCUT2D eigenvalue weighted by Crippen LogP contribution is 2.28. The van der Waals surface area contributed by atoms with Crippen molar-refractivity contribution in [3.05, 3.63) is 29.6 Å². The maximum atomic E-state index is 8.90. The fourth-order valence-corrected chi connectivity index (χ4v) is 2.15. The quantitative estimate of drug-likeness (QED) is 0.815. The fourth-order valence-electron chi connectivity index (χ4n) is 1.28. The molecule has 0 bridgehead atoms. The number of nitrogen functional groups attached to an aromatic ring is 1. The number of rotatable bonds is 2. The van der Waals surface area contributed by atoms with Gasteiger partial charge in [0.1, 0.15) is 11.9 Å². The highest BCUT2D eigenvalue weighted by atomic mass is 32.2. The predicted octanol–water partition coefficient (Wildman–Crippen LogP) is 1.73. The molecule has 1 heterocycles. The highest BCUT2D eigenvalue weighted by Gasteiger charge is 2.08. The van der Waals surface area contributed by atoms with Crippen molar-refractivity contribution in [2.24, 2.45) is 7.05 Å². The van der Waals surface area contributed by atoms with Crippen LogP contribution in [0.2, 0.25) is 0 Å². The maximum Gasteiger partial charge on any atom is 0.195 e. The third-order valence-corrected chi connectivity index (χ3v) is 3.43. The minimum atomic E-state index is 0.480. The summed E-state index contributed by atoms with van der Waals surface area (Å²) in [6, 6.07) is 7.41. The first-order valence-corrected chi connectivity index (χ1v) is 5.77. The van der Waals surface area contributed by atoms with Gasteiger partial charge in [-0.25, -0.2) is 0 Å². The third-order valence-electron chi connectivity index (χ3n) is 2.41. The van der Waals surface area contributed by atoms with E-state index in [9.17, 15) is 0 Å². The predicted molar refractivity (Wildman–Crippen MR) is 65.4 cm³/mol. The molecule has 0 aliphatic heterocycles. The lowest BCUT2D eigenvalue weighted by Gasteiger charge is -2.03. The van der Waals surface area contributed by atoms with Crippen LogP contribution in [0.25, 0.3) is 0 Å². The molecule has 0 aliphatic rings. The SMILES string of the molecule is Cc1nnc(Sc2ccc(N)c(C#N)c2)n1C. The molecule has 0 saturated heterocycles. The number of nitrogens with zero attached hydrogens (tertiary/aromatic N) is 4. The minimum Gasteiger partial charge on any atom is -0.398 e. The summed E-state index contributed by atoms with van der Waals surface area (Å²) < 4.78 is 1.90. The van der Waals surface area contributed by atoms with Crippen LogP contribution in [0.5, 0.6) is 0 Å². The molecule has 0 radical (unpaired) electrons. The van der Waals surface area contributed by atoms with Crippen LogP contribution >= 0.6 is 11.8 Å². The topological polar surface area (TPSA) is 80.5 Å². The van der Waals surface area contributed by atoms with Gasteiger partial charge < -0.3 is 10.3 Å². The average Bonchev–Trinajstić information content (AvgIpc) is 2.63. The Labute approximate surface area is 103 Å². The van der Waals surface area contributed by atoms with E-state index in [2.05, 4.69) is 16.3 Å². The zero-order chi connectivity index (χ0) is 12.4. The molecular formula is C11H11N5S. The van der Waals surface area contributed by atoms with Crippen molar-refractivity contribution in [3.8, 4) is 6.07 Å². The lowest BCUT2D eigenvalue weighted by molar-refractivity contribution is 0.765. The molecule has 0 aliphatic carbocycles. The summed E-state index contributed by atoms with van der Waals surface area (Å²) in [5.41, 5.74) is 6.63. The first-order valence-electron chi connectivity index (χ1n) is 4.95. The Balaban J connectivity index is 2.31. The number of nitriles is 1. The van der Waals surface area contributed by atoms with Gasteiger partial charge in [-0.05, 0) is 36.9 Å². The number of nitrogens with two attached hydrogens (primary N) is 1. The normalized spacial score (nSPS) is 10.2. The molecule has 0 saturated carbocycles. The van der Waals surface area contributed by atoms with Gasteiger partial charge in [-0.1, -0.05) is 0 Å². The lowest BCUT2D eigenvalue weighted by atomic mass is 10.2. The van der Waals surface area contributed by atoms with Gasteiger partial charge in [-0.3, -0.25) is 0 Å². The maximum absolute atomic E-state index is 8.90. The van der Waals surface area contributed by atoms with Gasteiger partial charge in [0.15, 0.2) is 5.16 Å². The molecule has 5 nitrogen and oxygen atoms in total. The molecule has 1 aromatic heterocycles. The summed E-state index contributed by atoms with van der Waals surface area (Å²) >= 11 is 1.46. The molecule has 0 atom stereocenters. The summed E-state index contributed by atoms with van der Waals surface area (Å²) in [6.45, 7) is 1.89. The Hall–Kier alpha value is -2.00. The second kappa shape index (κ2) is 4.47. The summed E-state index contributed by atoms with van der Waals surface area (Å²) in [6.07, 6.45) is 0. The van der Waals surface area contributed by atoms with Crippen molar-refractivity contribution in [1.29, 1.82) is 5.26 Å². The third kappa shape index (κ3) is 2.24. The lowest BCUT2D eigenvalue weighted by Crippen LogP contribution is -1.94. The first-order chi connectivity index (χ1) is 8.11. The van der Waals surface area contributed by atoms with Gasteiger partial charge in [0.05, 0.1) is 5.56 Å². The number of aromatic nitrogens is 3. The zero-order valence-electron chi connectivity index (χ0n) is 9.51. The molecule has 0 spiro atoms. The fraction of sp³-hybridized carbons (Fsp3) is 0.182. The molecule has 0 unspecified atom stereocenters. The van der Waals surface area contributed by atoms with Gasteiger partial charge in [-0.15, -0.1) is 10.2 Å². The van der Waals surface area contributed by atoms with Gasteiger partial charge in [0.2, 0.25) is 0 Å². The second-order valence-electron chi connectivity index (χ2n) is 3.55. The standard InChI is InChI=1S/C11H11N5S/c1-7-14-15-11(16(7)2)17-9-3-4-10(13)8(5-9)6-12/h3-5H,13H2,1-2H3. The van der Waals surface area contributed by atoms with Crippen molar-refractivity contribution in [2.75, 3.05) is 5.73 Å². The van der Waals surface area contributed by atoms with Crippen LogP contribution < -0.4 is 5.73 Å². The van der Waals surface area contributed by atoms with Gasteiger partial charge in [0.25, 0.3) is 0 Å². The van der Waals surface area contributed by atoms with Crippen LogP contribution in [0.4, 0.5) is 5.69 Å². The van der Waals surface area contributed by atoms with Crippen LogP contribution in [-0.4, -0.2) is 14.8 Å². The van der Waals surface area contributed by atoms with E-state index in [1.165, 1.54) is 11.8 Å². The molecule has 1 aromatic carbocycles. The van der Waals surface area contributed by atoms with Gasteiger partial charge in [0, 0.05) is 17.6 Å². The van der Waals surface area contributed by atoms with Crippen molar-refractivity contribution in [2.45, 2.75) is 17.0 Å². The van der Waals surface area contributed by atoms with Crippen LogP contribution in [0.3, 0.4) is 0 Å². The highest BCUT2D eigenvalue weighted by molar-refractivity contribution is 7.99. The monoisotopic (exact) mass is 245 g/mol. The Kier molecular flexibility index (Phi) is 3.02. The van der Waals surface area contributed by atoms with Gasteiger partial charge >= 0.3 is 0 Å². The molecule has 2 aromatic rings. The summed E-state index contributed by atoms with van der Waals surface area (Å²) in [5.74, 6) is 0.850. The number of benzene rings is 1. The van der Waals surface area contributed by atoms with Gasteiger partial charge in [-0.2, -0.15) is 5.26 Å². The van der Waals surface area contributed by atoms with Crippen LogP contribution in [-0.2, 0) is 7.05 Å². The van der Waals surface area contributed by atoms with Crippen molar-refractivity contribution >= 4 is 17.4 Å². The zero-order valence-corrected chi connectivity index (χ0v) is 10.3. The molecular weight excluding hydrogens is 234 g/mol. The molecule has 6 heteroatoms. The number of hydrogen-bond donors (Lipinski definition) is 1. The molecule has 86 valence electrons. The summed E-state index contributed by atoms with van der Waals surface area (Å²) in [7, 11) is 1.90. The van der Waals surface area contributed by atoms with Crippen molar-refractivity contribution in [3.63, 3.8) is 0 Å². The van der Waals surface area contributed by atoms with Crippen LogP contribution in [0, 0.1) is 18.3 Å². The van der Waals surface area contributed by atoms with E-state index in [0.29, 0.717) is 11.3 Å². The molecule has 0 amide bonds. The minimum absolute atomic E-state index is 0.480. The van der Waals surface area contributed by atoms with Crippen LogP contribution in [0.1, 0.15) is 11.4 Å². The largest absolute Gasteiger partial charge is 0.398 e. The van der Waals surface area contributed by atoms with E-state index in [4.69, 9.17) is 11.0 Å². The Bertz CT molecular complexity index is 596. The van der Waals surface area contributed by atoms with E-state index < -0.39 is 0 Å². The number of aryl methyl sites for hydroxylation is 1. The smallest absolute Gasteiger partial charge is 0.195 e. The van der Waals surface area contributed by atoms with E-state index >= 15 is 0 Å². The van der Waals surface area contributed by atoms with Crippen molar-refractivity contribution in [1.82, 2.24) is 14.8 Å². The molecule has 0 fully saturated rings. The number of hydrogen-bond acceptors (Lipinski definition) is 5. The molecule has 2 rings (SSSR count). The van der Waals surface area contributed by atoms with E-state index in [-0.39, 0.29) is 0 Å². The molecule has 2 N–H and O–H groups in total. The first kappa shape index (κ1) is 11.5. The van der Waals surface area contributed by atoms with E-state index in [1.807, 2.05) is 24.6 Å². The van der Waals surface area contributed by atoms with Crippen molar-refractivity contribution < 1.29 is 0 Å². The second-order valence-corrected chi connectivity index (χ2v) is 4.59. The Morgan fingerprint density at radius 3 is 2.76 bits per heavy atom. The summed E-state index contributed by atoms with van der Waals surface area (Å²) in [5, 5.41) is 17.7. The Morgan fingerprint density at radius 1 is 1.41 bits per heavy atom. The van der Waals surface area contributed by atoms with E-state index in [1.54, 1.807) is 12.1 Å². The number of anilines is 1.